The Bertz CT molecular complexity index is 665. The van der Waals surface area contributed by atoms with Gasteiger partial charge < -0.3 is 10.4 Å². The lowest BCUT2D eigenvalue weighted by Gasteiger charge is -2.16. The minimum Gasteiger partial charge on any atom is -0.480 e. The minimum absolute atomic E-state index is 0.0428. The molecule has 0 spiro atoms. The van der Waals surface area contributed by atoms with Gasteiger partial charge in [-0.05, 0) is 36.5 Å². The highest BCUT2D eigenvalue weighted by molar-refractivity contribution is 7.91. The molecule has 134 valence electrons. The van der Waals surface area contributed by atoms with Crippen molar-refractivity contribution in [2.24, 2.45) is 5.92 Å². The molecular weight excluding hydrogens is 330 g/mol. The number of sulfone groups is 1. The fraction of sp³-hybridized carbons (Fsp3) is 0.529. The molecule has 0 saturated heterocycles. The minimum atomic E-state index is -3.23. The molecule has 0 heterocycles. The first-order valence-corrected chi connectivity index (χ1v) is 9.64. The van der Waals surface area contributed by atoms with Crippen LogP contribution in [-0.2, 0) is 25.8 Å². The van der Waals surface area contributed by atoms with E-state index < -0.39 is 21.8 Å². The van der Waals surface area contributed by atoms with Crippen LogP contribution in [0.25, 0.3) is 0 Å². The van der Waals surface area contributed by atoms with E-state index in [4.69, 9.17) is 5.11 Å². The third kappa shape index (κ3) is 6.31. The summed E-state index contributed by atoms with van der Waals surface area (Å²) in [6.45, 7) is 5.38. The lowest BCUT2D eigenvalue weighted by Crippen LogP contribution is -2.41. The number of carbonyl (C=O) groups is 2. The Morgan fingerprint density at radius 1 is 1.17 bits per heavy atom. The summed E-state index contributed by atoms with van der Waals surface area (Å²) in [5.41, 5.74) is 0.830. The van der Waals surface area contributed by atoms with Crippen LogP contribution >= 0.6 is 0 Å². The van der Waals surface area contributed by atoms with Gasteiger partial charge in [0, 0.05) is 6.42 Å². The van der Waals surface area contributed by atoms with E-state index in [0.29, 0.717) is 12.8 Å². The molecule has 0 radical (unpaired) electrons. The van der Waals surface area contributed by atoms with E-state index in [0.717, 1.165) is 5.56 Å². The number of carboxylic acid groups (broad SMARTS) is 1. The average molecular weight is 355 g/mol. The van der Waals surface area contributed by atoms with Crippen LogP contribution in [0.4, 0.5) is 0 Å². The van der Waals surface area contributed by atoms with Gasteiger partial charge in [-0.1, -0.05) is 32.9 Å². The Balaban J connectivity index is 2.59. The van der Waals surface area contributed by atoms with Crippen LogP contribution < -0.4 is 5.32 Å². The molecule has 0 aliphatic heterocycles. The maximum absolute atomic E-state index is 11.9. The summed E-state index contributed by atoms with van der Waals surface area (Å²) in [6.07, 6.45) is 0.957. The summed E-state index contributed by atoms with van der Waals surface area (Å²) >= 11 is 0. The highest BCUT2D eigenvalue weighted by Crippen LogP contribution is 2.13. The molecule has 6 nitrogen and oxygen atoms in total. The zero-order valence-corrected chi connectivity index (χ0v) is 15.1. The van der Waals surface area contributed by atoms with Crippen molar-refractivity contribution >= 4 is 21.7 Å². The molecule has 1 aromatic carbocycles. The standard InChI is InChI=1S/C17H25NO5S/c1-4-24(22,23)14-8-5-13(6-9-14)7-10-16(19)18-15(17(20)21)11-12(2)3/h5-6,8-9,12,15H,4,7,10-11H2,1-3H3,(H,18,19)(H,20,21)/t15-/m1/s1. The van der Waals surface area contributed by atoms with Crippen molar-refractivity contribution in [2.45, 2.75) is 51.0 Å². The molecule has 0 aliphatic carbocycles. The molecule has 0 saturated carbocycles. The van der Waals surface area contributed by atoms with Crippen molar-refractivity contribution in [1.82, 2.24) is 5.32 Å². The first kappa shape index (κ1) is 20.2. The summed E-state index contributed by atoms with van der Waals surface area (Å²) < 4.78 is 23.5. The molecule has 0 aromatic heterocycles. The van der Waals surface area contributed by atoms with E-state index in [-0.39, 0.29) is 28.9 Å². The highest BCUT2D eigenvalue weighted by atomic mass is 32.2. The fourth-order valence-electron chi connectivity index (χ4n) is 2.25. The molecule has 7 heteroatoms. The summed E-state index contributed by atoms with van der Waals surface area (Å²) in [6, 6.07) is 5.54. The maximum atomic E-state index is 11.9. The molecule has 0 fully saturated rings. The Kier molecular flexibility index (Phi) is 7.41. The third-order valence-corrected chi connectivity index (χ3v) is 5.39. The van der Waals surface area contributed by atoms with Crippen LogP contribution in [-0.4, -0.2) is 37.2 Å². The monoisotopic (exact) mass is 355 g/mol. The fourth-order valence-corrected chi connectivity index (χ4v) is 3.13. The van der Waals surface area contributed by atoms with Gasteiger partial charge in [0.2, 0.25) is 5.91 Å². The third-order valence-electron chi connectivity index (χ3n) is 3.64. The van der Waals surface area contributed by atoms with Crippen molar-refractivity contribution in [2.75, 3.05) is 5.75 Å². The van der Waals surface area contributed by atoms with Gasteiger partial charge in [0.15, 0.2) is 9.84 Å². The molecule has 1 aromatic rings. The molecular formula is C17H25NO5S. The summed E-state index contributed by atoms with van der Waals surface area (Å²) in [4.78, 5) is 23.3. The van der Waals surface area contributed by atoms with Gasteiger partial charge in [-0.25, -0.2) is 13.2 Å². The second-order valence-electron chi connectivity index (χ2n) is 6.14. The lowest BCUT2D eigenvalue weighted by atomic mass is 10.0. The van der Waals surface area contributed by atoms with Crippen molar-refractivity contribution < 1.29 is 23.1 Å². The van der Waals surface area contributed by atoms with E-state index in [1.54, 1.807) is 19.1 Å². The van der Waals surface area contributed by atoms with Crippen molar-refractivity contribution in [1.29, 1.82) is 0 Å². The Hall–Kier alpha value is -1.89. The van der Waals surface area contributed by atoms with Gasteiger partial charge in [-0.3, -0.25) is 4.79 Å². The van der Waals surface area contributed by atoms with Gasteiger partial charge in [-0.15, -0.1) is 0 Å². The number of carboxylic acids is 1. The quantitative estimate of drug-likeness (QED) is 0.706. The average Bonchev–Trinajstić information content (AvgIpc) is 2.52. The van der Waals surface area contributed by atoms with E-state index in [2.05, 4.69) is 5.32 Å². The summed E-state index contributed by atoms with van der Waals surface area (Å²) in [5.74, 6) is -1.15. The van der Waals surface area contributed by atoms with Gasteiger partial charge in [0.25, 0.3) is 0 Å². The van der Waals surface area contributed by atoms with E-state index in [9.17, 15) is 18.0 Å². The molecule has 0 bridgehead atoms. The number of carbonyl (C=O) groups excluding carboxylic acids is 1. The topological polar surface area (TPSA) is 101 Å². The van der Waals surface area contributed by atoms with Crippen LogP contribution in [0.15, 0.2) is 29.2 Å². The number of nitrogens with one attached hydrogen (secondary N) is 1. The summed E-state index contributed by atoms with van der Waals surface area (Å²) in [7, 11) is -3.23. The highest BCUT2D eigenvalue weighted by Gasteiger charge is 2.20. The SMILES string of the molecule is CCS(=O)(=O)c1ccc(CCC(=O)N[C@H](CC(C)C)C(=O)O)cc1. The number of amides is 1. The number of aryl methyl sites for hydroxylation is 1. The molecule has 0 unspecified atom stereocenters. The Labute approximate surface area is 143 Å². The number of aliphatic carboxylic acids is 1. The lowest BCUT2D eigenvalue weighted by molar-refractivity contribution is -0.142. The van der Waals surface area contributed by atoms with Gasteiger partial charge in [0.1, 0.15) is 6.04 Å². The molecule has 0 aliphatic rings. The number of hydrogen-bond donors (Lipinski definition) is 2. The number of benzene rings is 1. The first-order chi connectivity index (χ1) is 11.2. The van der Waals surface area contributed by atoms with Crippen molar-refractivity contribution in [3.05, 3.63) is 29.8 Å². The largest absolute Gasteiger partial charge is 0.480 e. The van der Waals surface area contributed by atoms with Gasteiger partial charge >= 0.3 is 5.97 Å². The van der Waals surface area contributed by atoms with Crippen LogP contribution in [0.3, 0.4) is 0 Å². The second-order valence-corrected chi connectivity index (χ2v) is 8.41. The van der Waals surface area contributed by atoms with Crippen LogP contribution in [0.2, 0.25) is 0 Å². The number of hydrogen-bond acceptors (Lipinski definition) is 4. The zero-order chi connectivity index (χ0) is 18.3. The van der Waals surface area contributed by atoms with E-state index in [1.807, 2.05) is 13.8 Å². The smallest absolute Gasteiger partial charge is 0.326 e. The van der Waals surface area contributed by atoms with Crippen molar-refractivity contribution in [3.8, 4) is 0 Å². The zero-order valence-electron chi connectivity index (χ0n) is 14.3. The van der Waals surface area contributed by atoms with Gasteiger partial charge in [0.05, 0.1) is 10.6 Å². The first-order valence-electron chi connectivity index (χ1n) is 7.99. The van der Waals surface area contributed by atoms with Crippen LogP contribution in [0.5, 0.6) is 0 Å². The Morgan fingerprint density at radius 3 is 2.21 bits per heavy atom. The molecule has 24 heavy (non-hydrogen) atoms. The molecule has 1 rings (SSSR count). The molecule has 1 atom stereocenters. The second kappa shape index (κ2) is 8.82. The maximum Gasteiger partial charge on any atom is 0.326 e. The predicted molar refractivity (Wildman–Crippen MR) is 91.5 cm³/mol. The van der Waals surface area contributed by atoms with Crippen LogP contribution in [0.1, 0.15) is 39.2 Å². The van der Waals surface area contributed by atoms with Gasteiger partial charge in [-0.2, -0.15) is 0 Å². The predicted octanol–water partition coefficient (Wildman–Crippen LogP) is 2.03. The molecule has 2 N–H and O–H groups in total. The Morgan fingerprint density at radius 2 is 1.75 bits per heavy atom. The number of rotatable bonds is 9. The normalized spacial score (nSPS) is 12.8. The summed E-state index contributed by atoms with van der Waals surface area (Å²) in [5, 5.41) is 11.6. The molecule has 1 amide bonds. The van der Waals surface area contributed by atoms with E-state index >= 15 is 0 Å². The van der Waals surface area contributed by atoms with Crippen LogP contribution in [0, 0.1) is 5.92 Å². The van der Waals surface area contributed by atoms with Crippen molar-refractivity contribution in [3.63, 3.8) is 0 Å². The van der Waals surface area contributed by atoms with E-state index in [1.165, 1.54) is 12.1 Å².